The van der Waals surface area contributed by atoms with Gasteiger partial charge in [-0.1, -0.05) is 35.3 Å². The van der Waals surface area contributed by atoms with Crippen LogP contribution in [0.3, 0.4) is 0 Å². The van der Waals surface area contributed by atoms with E-state index in [0.717, 1.165) is 11.6 Å². The van der Waals surface area contributed by atoms with Crippen LogP contribution in [0.4, 0.5) is 5.69 Å². The zero-order valence-corrected chi connectivity index (χ0v) is 15.1. The number of amides is 1. The first kappa shape index (κ1) is 19.7. The van der Waals surface area contributed by atoms with Gasteiger partial charge in [0.05, 0.1) is 16.5 Å². The summed E-state index contributed by atoms with van der Waals surface area (Å²) in [5.41, 5.74) is 0.351. The molecule has 136 valence electrons. The van der Waals surface area contributed by atoms with E-state index in [-0.39, 0.29) is 16.6 Å². The van der Waals surface area contributed by atoms with Crippen LogP contribution in [0, 0.1) is 10.1 Å². The first-order valence-corrected chi connectivity index (χ1v) is 8.19. The van der Waals surface area contributed by atoms with E-state index >= 15 is 0 Å². The minimum absolute atomic E-state index is 0.0698. The highest BCUT2D eigenvalue weighted by atomic mass is 35.5. The monoisotopic (exact) mass is 396 g/mol. The van der Waals surface area contributed by atoms with Crippen molar-refractivity contribution in [1.29, 1.82) is 0 Å². The second kappa shape index (κ2) is 8.64. The molecule has 0 radical (unpaired) electrons. The maximum Gasteiger partial charge on any atom is 0.338 e. The molecule has 0 saturated carbocycles. The van der Waals surface area contributed by atoms with E-state index in [1.54, 1.807) is 31.2 Å². The van der Waals surface area contributed by atoms with Gasteiger partial charge in [0.15, 0.2) is 6.61 Å². The van der Waals surface area contributed by atoms with Gasteiger partial charge in [-0.3, -0.25) is 14.9 Å². The quantitative estimate of drug-likeness (QED) is 0.452. The number of nitro benzene ring substituents is 1. The van der Waals surface area contributed by atoms with Gasteiger partial charge in [0.1, 0.15) is 5.02 Å². The molecule has 0 saturated heterocycles. The van der Waals surface area contributed by atoms with E-state index in [2.05, 4.69) is 5.32 Å². The lowest BCUT2D eigenvalue weighted by atomic mass is 10.1. The number of hydrogen-bond acceptors (Lipinski definition) is 5. The highest BCUT2D eigenvalue weighted by Gasteiger charge is 2.18. The molecule has 1 amide bonds. The minimum Gasteiger partial charge on any atom is -0.452 e. The molecule has 0 aliphatic carbocycles. The first-order valence-electron chi connectivity index (χ1n) is 7.44. The number of nitrogens with zero attached hydrogens (tertiary/aromatic N) is 1. The molecular weight excluding hydrogens is 383 g/mol. The third kappa shape index (κ3) is 5.18. The van der Waals surface area contributed by atoms with E-state index in [4.69, 9.17) is 27.9 Å². The highest BCUT2D eigenvalue weighted by Crippen LogP contribution is 2.25. The zero-order valence-electron chi connectivity index (χ0n) is 13.6. The third-order valence-electron chi connectivity index (χ3n) is 3.46. The zero-order chi connectivity index (χ0) is 19.3. The van der Waals surface area contributed by atoms with Crippen molar-refractivity contribution in [2.45, 2.75) is 13.0 Å². The van der Waals surface area contributed by atoms with Crippen molar-refractivity contribution in [2.24, 2.45) is 0 Å². The Hall–Kier alpha value is -2.64. The number of hydrogen-bond donors (Lipinski definition) is 1. The lowest BCUT2D eigenvalue weighted by Gasteiger charge is -2.14. The average molecular weight is 397 g/mol. The van der Waals surface area contributed by atoms with Crippen molar-refractivity contribution in [3.63, 3.8) is 0 Å². The number of carbonyl (C=O) groups excluding carboxylic acids is 2. The largest absolute Gasteiger partial charge is 0.452 e. The predicted octanol–water partition coefficient (Wildman–Crippen LogP) is 3.94. The molecule has 7 nitrogen and oxygen atoms in total. The van der Waals surface area contributed by atoms with Gasteiger partial charge in [-0.05, 0) is 36.8 Å². The normalized spacial score (nSPS) is 11.5. The number of benzene rings is 2. The fourth-order valence-corrected chi connectivity index (χ4v) is 2.42. The Labute approximate surface area is 159 Å². The van der Waals surface area contributed by atoms with Gasteiger partial charge in [0.2, 0.25) is 0 Å². The Balaban J connectivity index is 1.92. The smallest absolute Gasteiger partial charge is 0.338 e. The van der Waals surface area contributed by atoms with Gasteiger partial charge >= 0.3 is 5.97 Å². The molecule has 0 bridgehead atoms. The summed E-state index contributed by atoms with van der Waals surface area (Å²) in [6, 6.07) is 10.1. The second-order valence-corrected chi connectivity index (χ2v) is 6.18. The van der Waals surface area contributed by atoms with Gasteiger partial charge in [-0.2, -0.15) is 0 Å². The first-order chi connectivity index (χ1) is 12.3. The highest BCUT2D eigenvalue weighted by molar-refractivity contribution is 6.32. The molecule has 26 heavy (non-hydrogen) atoms. The SMILES string of the molecule is C[C@H](NC(=O)COC(=O)c1ccc(Cl)c([N+](=O)[O-])c1)c1ccc(Cl)cc1. The van der Waals surface area contributed by atoms with E-state index in [0.29, 0.717) is 5.02 Å². The molecule has 0 aliphatic rings. The standard InChI is InChI=1S/C17H14Cl2N2O5/c1-10(11-2-5-13(18)6-3-11)20-16(22)9-26-17(23)12-4-7-14(19)15(8-12)21(24)25/h2-8,10H,9H2,1H3,(H,20,22)/t10-/m0/s1. The van der Waals surface area contributed by atoms with Gasteiger partial charge in [-0.15, -0.1) is 0 Å². The van der Waals surface area contributed by atoms with Crippen LogP contribution in [0.25, 0.3) is 0 Å². The molecule has 9 heteroatoms. The van der Waals surface area contributed by atoms with E-state index < -0.39 is 29.1 Å². The molecule has 0 aliphatic heterocycles. The van der Waals surface area contributed by atoms with Gasteiger partial charge in [-0.25, -0.2) is 4.79 Å². The molecule has 2 aromatic carbocycles. The van der Waals surface area contributed by atoms with Crippen LogP contribution in [-0.4, -0.2) is 23.4 Å². The number of nitro groups is 1. The summed E-state index contributed by atoms with van der Waals surface area (Å²) in [6.45, 7) is 1.25. The van der Waals surface area contributed by atoms with Gasteiger partial charge < -0.3 is 10.1 Å². The molecule has 2 rings (SSSR count). The molecule has 0 spiro atoms. The molecule has 1 N–H and O–H groups in total. The lowest BCUT2D eigenvalue weighted by Crippen LogP contribution is -2.31. The second-order valence-electron chi connectivity index (χ2n) is 5.34. The lowest BCUT2D eigenvalue weighted by molar-refractivity contribution is -0.384. The van der Waals surface area contributed by atoms with Crippen molar-refractivity contribution < 1.29 is 19.2 Å². The Morgan fingerprint density at radius 1 is 1.19 bits per heavy atom. The molecule has 0 unspecified atom stereocenters. The van der Waals surface area contributed by atoms with Crippen LogP contribution in [0.2, 0.25) is 10.0 Å². The number of halogens is 2. The van der Waals surface area contributed by atoms with Crippen LogP contribution >= 0.6 is 23.2 Å². The van der Waals surface area contributed by atoms with Crippen molar-refractivity contribution in [3.8, 4) is 0 Å². The predicted molar refractivity (Wildman–Crippen MR) is 96.4 cm³/mol. The Morgan fingerprint density at radius 3 is 2.46 bits per heavy atom. The number of carbonyl (C=O) groups is 2. The van der Waals surface area contributed by atoms with Crippen LogP contribution < -0.4 is 5.32 Å². The molecular formula is C17H14Cl2N2O5. The van der Waals surface area contributed by atoms with Crippen LogP contribution in [0.1, 0.15) is 28.9 Å². The number of rotatable bonds is 6. The summed E-state index contributed by atoms with van der Waals surface area (Å²) in [6.07, 6.45) is 0. The summed E-state index contributed by atoms with van der Waals surface area (Å²) >= 11 is 11.5. The molecule has 0 aromatic heterocycles. The molecule has 1 atom stereocenters. The van der Waals surface area contributed by atoms with Gasteiger partial charge in [0.25, 0.3) is 11.6 Å². The van der Waals surface area contributed by atoms with Crippen molar-refractivity contribution in [1.82, 2.24) is 5.32 Å². The van der Waals surface area contributed by atoms with Crippen molar-refractivity contribution in [2.75, 3.05) is 6.61 Å². The third-order valence-corrected chi connectivity index (χ3v) is 4.03. The summed E-state index contributed by atoms with van der Waals surface area (Å²) in [7, 11) is 0. The van der Waals surface area contributed by atoms with Crippen molar-refractivity contribution in [3.05, 3.63) is 73.8 Å². The Bertz CT molecular complexity index is 840. The van der Waals surface area contributed by atoms with Crippen LogP contribution in [-0.2, 0) is 9.53 Å². The maximum absolute atomic E-state index is 11.9. The summed E-state index contributed by atoms with van der Waals surface area (Å²) in [5, 5.41) is 14.0. The minimum atomic E-state index is -0.862. The Morgan fingerprint density at radius 2 is 1.85 bits per heavy atom. The number of ether oxygens (including phenoxy) is 1. The van der Waals surface area contributed by atoms with Crippen LogP contribution in [0.15, 0.2) is 42.5 Å². The van der Waals surface area contributed by atoms with E-state index in [9.17, 15) is 19.7 Å². The molecule has 0 fully saturated rings. The fraction of sp³-hybridized carbons (Fsp3) is 0.176. The van der Waals surface area contributed by atoms with Crippen LogP contribution in [0.5, 0.6) is 0 Å². The number of nitrogens with one attached hydrogen (secondary N) is 1. The number of esters is 1. The van der Waals surface area contributed by atoms with Crippen molar-refractivity contribution >= 4 is 40.8 Å². The molecule has 2 aromatic rings. The Kier molecular flexibility index (Phi) is 6.54. The van der Waals surface area contributed by atoms with E-state index in [1.807, 2.05) is 0 Å². The van der Waals surface area contributed by atoms with E-state index in [1.165, 1.54) is 12.1 Å². The summed E-state index contributed by atoms with van der Waals surface area (Å²) in [4.78, 5) is 34.0. The fourth-order valence-electron chi connectivity index (χ4n) is 2.11. The maximum atomic E-state index is 11.9. The topological polar surface area (TPSA) is 98.5 Å². The average Bonchev–Trinajstić information content (AvgIpc) is 2.60. The summed E-state index contributed by atoms with van der Waals surface area (Å²) < 4.78 is 4.88. The van der Waals surface area contributed by atoms with Gasteiger partial charge in [0, 0.05) is 11.1 Å². The molecule has 0 heterocycles. The summed E-state index contributed by atoms with van der Waals surface area (Å²) in [5.74, 6) is -1.37.